The van der Waals surface area contributed by atoms with E-state index in [9.17, 15) is 0 Å². The quantitative estimate of drug-likeness (QED) is 0.687. The van der Waals surface area contributed by atoms with Gasteiger partial charge in [-0.3, -0.25) is 0 Å². The molecule has 0 atom stereocenters. The molecule has 0 aliphatic rings. The Labute approximate surface area is 109 Å². The molecule has 0 aromatic heterocycles. The fourth-order valence-corrected chi connectivity index (χ4v) is 1.63. The number of nitrogens with one attached hydrogen (secondary N) is 1. The van der Waals surface area contributed by atoms with Gasteiger partial charge in [0.05, 0.1) is 7.11 Å². The van der Waals surface area contributed by atoms with Crippen molar-refractivity contribution >= 4 is 5.69 Å². The Balaban J connectivity index is 2.30. The molecule has 1 aromatic carbocycles. The van der Waals surface area contributed by atoms with Gasteiger partial charge in [0.2, 0.25) is 0 Å². The summed E-state index contributed by atoms with van der Waals surface area (Å²) in [6.07, 6.45) is 0.707. The van der Waals surface area contributed by atoms with E-state index >= 15 is 0 Å². The Hall–Kier alpha value is -1.26. The SMILES string of the molecule is CCOC(CCNc1ccc(OC)cc1)OCC. The Kier molecular flexibility index (Phi) is 7.22. The first-order chi connectivity index (χ1) is 8.80. The first-order valence-corrected chi connectivity index (χ1v) is 6.41. The standard InChI is InChI=1S/C14H23NO3/c1-4-17-14(18-5-2)10-11-15-12-6-8-13(16-3)9-7-12/h6-9,14-15H,4-5,10-11H2,1-3H3. The van der Waals surface area contributed by atoms with Crippen molar-refractivity contribution in [1.82, 2.24) is 0 Å². The molecule has 0 amide bonds. The largest absolute Gasteiger partial charge is 0.497 e. The average molecular weight is 253 g/mol. The first-order valence-electron chi connectivity index (χ1n) is 6.41. The summed E-state index contributed by atoms with van der Waals surface area (Å²) < 4.78 is 16.1. The van der Waals surface area contributed by atoms with Gasteiger partial charge in [0.15, 0.2) is 6.29 Å². The molecule has 0 spiro atoms. The third-order valence-corrected chi connectivity index (χ3v) is 2.50. The Morgan fingerprint density at radius 3 is 2.17 bits per heavy atom. The van der Waals surface area contributed by atoms with Crippen LogP contribution in [0.15, 0.2) is 24.3 Å². The van der Waals surface area contributed by atoms with Crippen molar-refractivity contribution in [1.29, 1.82) is 0 Å². The fourth-order valence-electron chi connectivity index (χ4n) is 1.63. The van der Waals surface area contributed by atoms with Gasteiger partial charge >= 0.3 is 0 Å². The third-order valence-electron chi connectivity index (χ3n) is 2.50. The highest BCUT2D eigenvalue weighted by Gasteiger charge is 2.06. The van der Waals surface area contributed by atoms with Gasteiger partial charge in [-0.2, -0.15) is 0 Å². The molecule has 0 bridgehead atoms. The van der Waals surface area contributed by atoms with Crippen LogP contribution in [0.2, 0.25) is 0 Å². The van der Waals surface area contributed by atoms with Crippen molar-refractivity contribution in [2.75, 3.05) is 32.2 Å². The van der Waals surface area contributed by atoms with Crippen LogP contribution in [-0.2, 0) is 9.47 Å². The molecule has 0 aliphatic heterocycles. The molecule has 0 fully saturated rings. The first kappa shape index (κ1) is 14.8. The lowest BCUT2D eigenvalue weighted by Gasteiger charge is -2.17. The van der Waals surface area contributed by atoms with E-state index in [1.165, 1.54) is 0 Å². The molecule has 0 saturated carbocycles. The molecule has 0 unspecified atom stereocenters. The zero-order chi connectivity index (χ0) is 13.2. The van der Waals surface area contributed by atoms with Gasteiger partial charge < -0.3 is 19.5 Å². The topological polar surface area (TPSA) is 39.7 Å². The van der Waals surface area contributed by atoms with Crippen molar-refractivity contribution in [2.24, 2.45) is 0 Å². The normalized spacial score (nSPS) is 10.7. The second-order valence-electron chi connectivity index (χ2n) is 3.78. The second-order valence-corrected chi connectivity index (χ2v) is 3.78. The molecule has 0 saturated heterocycles. The van der Waals surface area contributed by atoms with Crippen molar-refractivity contribution in [3.63, 3.8) is 0 Å². The predicted octanol–water partition coefficient (Wildman–Crippen LogP) is 2.90. The minimum atomic E-state index is -0.120. The molecule has 0 radical (unpaired) electrons. The molecule has 4 heteroatoms. The van der Waals surface area contributed by atoms with E-state index in [0.717, 1.165) is 24.4 Å². The van der Waals surface area contributed by atoms with E-state index in [1.54, 1.807) is 7.11 Å². The maximum Gasteiger partial charge on any atom is 0.159 e. The zero-order valence-electron chi connectivity index (χ0n) is 11.4. The zero-order valence-corrected chi connectivity index (χ0v) is 11.4. The minimum Gasteiger partial charge on any atom is -0.497 e. The van der Waals surface area contributed by atoms with Crippen molar-refractivity contribution in [3.05, 3.63) is 24.3 Å². The molecule has 4 nitrogen and oxygen atoms in total. The molecular weight excluding hydrogens is 230 g/mol. The van der Waals surface area contributed by atoms with E-state index in [-0.39, 0.29) is 6.29 Å². The van der Waals surface area contributed by atoms with Gasteiger partial charge in [-0.15, -0.1) is 0 Å². The molecule has 102 valence electrons. The van der Waals surface area contributed by atoms with Gasteiger partial charge in [-0.05, 0) is 38.1 Å². The van der Waals surface area contributed by atoms with E-state index in [2.05, 4.69) is 5.32 Å². The molecule has 1 rings (SSSR count). The fraction of sp³-hybridized carbons (Fsp3) is 0.571. The van der Waals surface area contributed by atoms with Crippen molar-refractivity contribution in [3.8, 4) is 5.75 Å². The summed E-state index contributed by atoms with van der Waals surface area (Å²) in [5.41, 5.74) is 1.07. The molecular formula is C14H23NO3. The number of rotatable bonds is 9. The Bertz CT molecular complexity index is 307. The lowest BCUT2D eigenvalue weighted by molar-refractivity contribution is -0.137. The smallest absolute Gasteiger partial charge is 0.159 e. The molecule has 1 aromatic rings. The lowest BCUT2D eigenvalue weighted by Crippen LogP contribution is -2.21. The van der Waals surface area contributed by atoms with Gasteiger partial charge in [0, 0.05) is 31.9 Å². The Morgan fingerprint density at radius 2 is 1.67 bits per heavy atom. The van der Waals surface area contributed by atoms with Crippen LogP contribution in [0, 0.1) is 0 Å². The molecule has 1 N–H and O–H groups in total. The summed E-state index contributed by atoms with van der Waals surface area (Å²) in [6.45, 7) is 6.11. The van der Waals surface area contributed by atoms with Crippen LogP contribution in [0.1, 0.15) is 20.3 Å². The number of ether oxygens (including phenoxy) is 3. The molecule has 0 aliphatic carbocycles. The summed E-state index contributed by atoms with van der Waals surface area (Å²) in [7, 11) is 1.66. The predicted molar refractivity (Wildman–Crippen MR) is 73.1 cm³/mol. The number of hydrogen-bond donors (Lipinski definition) is 1. The monoisotopic (exact) mass is 253 g/mol. The summed E-state index contributed by atoms with van der Waals surface area (Å²) >= 11 is 0. The second kappa shape index (κ2) is 8.78. The maximum absolute atomic E-state index is 5.47. The molecule has 0 heterocycles. The highest BCUT2D eigenvalue weighted by molar-refractivity contribution is 5.46. The Morgan fingerprint density at radius 1 is 1.06 bits per heavy atom. The van der Waals surface area contributed by atoms with E-state index < -0.39 is 0 Å². The summed E-state index contributed by atoms with van der Waals surface area (Å²) in [5, 5.41) is 3.33. The minimum absolute atomic E-state index is 0.120. The summed E-state index contributed by atoms with van der Waals surface area (Å²) in [6, 6.07) is 7.86. The highest BCUT2D eigenvalue weighted by Crippen LogP contribution is 2.15. The average Bonchev–Trinajstić information content (AvgIpc) is 2.40. The van der Waals surface area contributed by atoms with Crippen LogP contribution in [0.3, 0.4) is 0 Å². The summed E-state index contributed by atoms with van der Waals surface area (Å²) in [4.78, 5) is 0. The lowest BCUT2D eigenvalue weighted by atomic mass is 10.3. The number of methoxy groups -OCH3 is 1. The van der Waals surface area contributed by atoms with Crippen molar-refractivity contribution < 1.29 is 14.2 Å². The van der Waals surface area contributed by atoms with E-state index in [1.807, 2.05) is 38.1 Å². The number of benzene rings is 1. The maximum atomic E-state index is 5.47. The molecule has 18 heavy (non-hydrogen) atoms. The number of hydrogen-bond acceptors (Lipinski definition) is 4. The van der Waals surface area contributed by atoms with Crippen molar-refractivity contribution in [2.45, 2.75) is 26.6 Å². The van der Waals surface area contributed by atoms with Gasteiger partial charge in [-0.1, -0.05) is 0 Å². The third kappa shape index (κ3) is 5.38. The van der Waals surface area contributed by atoms with Crippen LogP contribution >= 0.6 is 0 Å². The van der Waals surface area contributed by atoms with Crippen LogP contribution < -0.4 is 10.1 Å². The van der Waals surface area contributed by atoms with Crippen LogP contribution in [-0.4, -0.2) is 33.2 Å². The van der Waals surface area contributed by atoms with Gasteiger partial charge in [0.1, 0.15) is 5.75 Å². The highest BCUT2D eigenvalue weighted by atomic mass is 16.7. The van der Waals surface area contributed by atoms with Gasteiger partial charge in [0.25, 0.3) is 0 Å². The van der Waals surface area contributed by atoms with Gasteiger partial charge in [-0.25, -0.2) is 0 Å². The van der Waals surface area contributed by atoms with Crippen LogP contribution in [0.25, 0.3) is 0 Å². The van der Waals surface area contributed by atoms with Crippen LogP contribution in [0.5, 0.6) is 5.75 Å². The van der Waals surface area contributed by atoms with E-state index in [4.69, 9.17) is 14.2 Å². The number of anilines is 1. The van der Waals surface area contributed by atoms with E-state index in [0.29, 0.717) is 13.2 Å². The van der Waals surface area contributed by atoms with Crippen LogP contribution in [0.4, 0.5) is 5.69 Å². The summed E-state index contributed by atoms with van der Waals surface area (Å²) in [5.74, 6) is 0.863.